The number of rotatable bonds is 3. The van der Waals surface area contributed by atoms with Gasteiger partial charge in [0.2, 0.25) is 0 Å². The Morgan fingerprint density at radius 1 is 1.10 bits per heavy atom. The van der Waals surface area contributed by atoms with E-state index in [-0.39, 0.29) is 5.91 Å². The maximum atomic E-state index is 12.2. The molecule has 0 aliphatic rings. The van der Waals surface area contributed by atoms with Gasteiger partial charge in [0.15, 0.2) is 0 Å². The Balaban J connectivity index is 2.16. The van der Waals surface area contributed by atoms with E-state index in [9.17, 15) is 9.59 Å². The Morgan fingerprint density at radius 2 is 1.76 bits per heavy atom. The minimum atomic E-state index is -0.407. The summed E-state index contributed by atoms with van der Waals surface area (Å²) in [7, 11) is 1.33. The number of anilines is 1. The van der Waals surface area contributed by atoms with Gasteiger partial charge in [-0.25, -0.2) is 4.79 Å². The average Bonchev–Trinajstić information content (AvgIpc) is 2.49. The number of hydrogen-bond acceptors (Lipinski definition) is 3. The van der Waals surface area contributed by atoms with Gasteiger partial charge in [-0.3, -0.25) is 4.79 Å². The highest BCUT2D eigenvalue weighted by Gasteiger charge is 2.10. The zero-order valence-electron chi connectivity index (χ0n) is 11.6. The molecule has 0 aliphatic heterocycles. The molecule has 0 fully saturated rings. The predicted octanol–water partition coefficient (Wildman–Crippen LogP) is 3.80. The zero-order chi connectivity index (χ0) is 15.4. The van der Waals surface area contributed by atoms with Crippen LogP contribution in [0.1, 0.15) is 26.3 Å². The molecule has 0 saturated carbocycles. The standard InChI is InChI=1S/C16H14BrNO3/c1-10-3-6-12(17)9-14(10)15(19)18-13-7-4-11(5-8-13)16(20)21-2/h3-9H,1-2H3,(H,18,19). The van der Waals surface area contributed by atoms with E-state index in [4.69, 9.17) is 0 Å². The summed E-state index contributed by atoms with van der Waals surface area (Å²) in [6.45, 7) is 1.88. The van der Waals surface area contributed by atoms with E-state index in [1.165, 1.54) is 7.11 Å². The summed E-state index contributed by atoms with van der Waals surface area (Å²) in [5, 5.41) is 2.80. The summed E-state index contributed by atoms with van der Waals surface area (Å²) in [6.07, 6.45) is 0. The molecule has 1 N–H and O–H groups in total. The van der Waals surface area contributed by atoms with Crippen molar-refractivity contribution in [2.75, 3.05) is 12.4 Å². The molecule has 0 aliphatic carbocycles. The van der Waals surface area contributed by atoms with Crippen LogP contribution in [0.2, 0.25) is 0 Å². The monoisotopic (exact) mass is 347 g/mol. The minimum absolute atomic E-state index is 0.195. The number of carbonyl (C=O) groups excluding carboxylic acids is 2. The number of ether oxygens (including phenoxy) is 1. The van der Waals surface area contributed by atoms with Crippen LogP contribution in [0, 0.1) is 6.92 Å². The Kier molecular flexibility index (Phi) is 4.75. The number of methoxy groups -OCH3 is 1. The summed E-state index contributed by atoms with van der Waals surface area (Å²) in [5.41, 5.74) is 2.55. The highest BCUT2D eigenvalue weighted by Crippen LogP contribution is 2.18. The van der Waals surface area contributed by atoms with Gasteiger partial charge in [-0.2, -0.15) is 0 Å². The molecule has 5 heteroatoms. The second-order valence-corrected chi connectivity index (χ2v) is 5.40. The first-order valence-corrected chi connectivity index (χ1v) is 7.06. The lowest BCUT2D eigenvalue weighted by atomic mass is 10.1. The second kappa shape index (κ2) is 6.54. The maximum absolute atomic E-state index is 12.2. The molecule has 108 valence electrons. The van der Waals surface area contributed by atoms with Crippen molar-refractivity contribution in [2.45, 2.75) is 6.92 Å². The Labute approximate surface area is 131 Å². The molecule has 0 bridgehead atoms. The van der Waals surface area contributed by atoms with Gasteiger partial charge in [0.25, 0.3) is 5.91 Å². The van der Waals surface area contributed by atoms with Gasteiger partial charge in [0, 0.05) is 15.7 Å². The molecule has 0 atom stereocenters. The van der Waals surface area contributed by atoms with Gasteiger partial charge in [0.1, 0.15) is 0 Å². The zero-order valence-corrected chi connectivity index (χ0v) is 13.2. The molecule has 0 unspecified atom stereocenters. The van der Waals surface area contributed by atoms with Crippen LogP contribution in [0.15, 0.2) is 46.9 Å². The quantitative estimate of drug-likeness (QED) is 0.859. The number of carbonyl (C=O) groups is 2. The normalized spacial score (nSPS) is 10.0. The molecule has 0 aromatic heterocycles. The van der Waals surface area contributed by atoms with Crippen molar-refractivity contribution in [1.82, 2.24) is 0 Å². The molecule has 2 rings (SSSR count). The van der Waals surface area contributed by atoms with E-state index in [2.05, 4.69) is 26.0 Å². The van der Waals surface area contributed by atoms with Gasteiger partial charge in [0.05, 0.1) is 12.7 Å². The van der Waals surface area contributed by atoms with Gasteiger partial charge < -0.3 is 10.1 Å². The fourth-order valence-electron chi connectivity index (χ4n) is 1.84. The number of amides is 1. The van der Waals surface area contributed by atoms with Gasteiger partial charge in [-0.05, 0) is 48.9 Å². The number of nitrogens with one attached hydrogen (secondary N) is 1. The Hall–Kier alpha value is -2.14. The lowest BCUT2D eigenvalue weighted by molar-refractivity contribution is 0.0600. The van der Waals surface area contributed by atoms with Crippen LogP contribution in [0.4, 0.5) is 5.69 Å². The first-order valence-electron chi connectivity index (χ1n) is 6.27. The molecular weight excluding hydrogens is 334 g/mol. The number of esters is 1. The first-order chi connectivity index (χ1) is 10.0. The molecule has 1 amide bonds. The Bertz CT molecular complexity index is 680. The van der Waals surface area contributed by atoms with Crippen molar-refractivity contribution in [3.63, 3.8) is 0 Å². The van der Waals surface area contributed by atoms with E-state index in [1.54, 1.807) is 30.3 Å². The highest BCUT2D eigenvalue weighted by atomic mass is 79.9. The third-order valence-corrected chi connectivity index (χ3v) is 3.50. The first kappa shape index (κ1) is 15.3. The highest BCUT2D eigenvalue weighted by molar-refractivity contribution is 9.10. The average molecular weight is 348 g/mol. The molecule has 2 aromatic rings. The van der Waals surface area contributed by atoms with Crippen molar-refractivity contribution in [3.8, 4) is 0 Å². The summed E-state index contributed by atoms with van der Waals surface area (Å²) in [4.78, 5) is 23.6. The molecular formula is C16H14BrNO3. The summed E-state index contributed by atoms with van der Waals surface area (Å²) < 4.78 is 5.47. The molecule has 2 aromatic carbocycles. The third kappa shape index (κ3) is 3.70. The largest absolute Gasteiger partial charge is 0.465 e. The smallest absolute Gasteiger partial charge is 0.337 e. The van der Waals surface area contributed by atoms with E-state index in [0.29, 0.717) is 16.8 Å². The van der Waals surface area contributed by atoms with Crippen molar-refractivity contribution in [3.05, 3.63) is 63.6 Å². The van der Waals surface area contributed by atoms with Gasteiger partial charge in [-0.15, -0.1) is 0 Å². The lowest BCUT2D eigenvalue weighted by Gasteiger charge is -2.08. The fourth-order valence-corrected chi connectivity index (χ4v) is 2.21. The number of halogens is 1. The van der Waals surface area contributed by atoms with Crippen LogP contribution in [0.5, 0.6) is 0 Å². The summed E-state index contributed by atoms with van der Waals surface area (Å²) in [6, 6.07) is 12.1. The second-order valence-electron chi connectivity index (χ2n) is 4.48. The SMILES string of the molecule is COC(=O)c1ccc(NC(=O)c2cc(Br)ccc2C)cc1. The third-order valence-electron chi connectivity index (χ3n) is 3.01. The lowest BCUT2D eigenvalue weighted by Crippen LogP contribution is -2.13. The molecule has 21 heavy (non-hydrogen) atoms. The van der Waals surface area contributed by atoms with Crippen LogP contribution < -0.4 is 5.32 Å². The van der Waals surface area contributed by atoms with E-state index in [0.717, 1.165) is 10.0 Å². The fraction of sp³-hybridized carbons (Fsp3) is 0.125. The molecule has 0 spiro atoms. The van der Waals surface area contributed by atoms with Crippen LogP contribution in [-0.2, 0) is 4.74 Å². The van der Waals surface area contributed by atoms with Crippen molar-refractivity contribution in [1.29, 1.82) is 0 Å². The number of aryl methyl sites for hydroxylation is 1. The topological polar surface area (TPSA) is 55.4 Å². The van der Waals surface area contributed by atoms with E-state index in [1.807, 2.05) is 19.1 Å². The number of hydrogen-bond donors (Lipinski definition) is 1. The summed E-state index contributed by atoms with van der Waals surface area (Å²) >= 11 is 3.35. The number of benzene rings is 2. The van der Waals surface area contributed by atoms with Gasteiger partial charge in [-0.1, -0.05) is 22.0 Å². The molecule has 0 heterocycles. The van der Waals surface area contributed by atoms with Crippen molar-refractivity contribution >= 4 is 33.5 Å². The van der Waals surface area contributed by atoms with Crippen molar-refractivity contribution < 1.29 is 14.3 Å². The van der Waals surface area contributed by atoms with E-state index >= 15 is 0 Å². The van der Waals surface area contributed by atoms with Gasteiger partial charge >= 0.3 is 5.97 Å². The summed E-state index contributed by atoms with van der Waals surface area (Å²) in [5.74, 6) is -0.602. The van der Waals surface area contributed by atoms with Crippen LogP contribution in [-0.4, -0.2) is 19.0 Å². The van der Waals surface area contributed by atoms with E-state index < -0.39 is 5.97 Å². The van der Waals surface area contributed by atoms with Crippen LogP contribution in [0.3, 0.4) is 0 Å². The molecule has 0 saturated heterocycles. The predicted molar refractivity (Wildman–Crippen MR) is 84.6 cm³/mol. The molecule has 4 nitrogen and oxygen atoms in total. The molecule has 0 radical (unpaired) electrons. The maximum Gasteiger partial charge on any atom is 0.337 e. The van der Waals surface area contributed by atoms with Crippen LogP contribution >= 0.6 is 15.9 Å². The minimum Gasteiger partial charge on any atom is -0.465 e. The Morgan fingerprint density at radius 3 is 2.38 bits per heavy atom. The van der Waals surface area contributed by atoms with Crippen LogP contribution in [0.25, 0.3) is 0 Å². The van der Waals surface area contributed by atoms with Crippen molar-refractivity contribution in [2.24, 2.45) is 0 Å².